The molecular formula is C23H23FN2O3. The molecule has 1 atom stereocenters. The maximum absolute atomic E-state index is 13.6. The normalized spacial score (nSPS) is 17.0. The van der Waals surface area contributed by atoms with E-state index in [1.807, 2.05) is 30.3 Å². The Bertz CT molecular complexity index is 984. The number of nitrogens with zero attached hydrogens (tertiary/aromatic N) is 2. The summed E-state index contributed by atoms with van der Waals surface area (Å²) < 4.78 is 24.5. The molecule has 2 heterocycles. The van der Waals surface area contributed by atoms with Crippen molar-refractivity contribution in [3.05, 3.63) is 71.7 Å². The second-order valence-corrected chi connectivity index (χ2v) is 7.22. The van der Waals surface area contributed by atoms with Gasteiger partial charge in [0.25, 0.3) is 5.91 Å². The monoisotopic (exact) mass is 394 g/mol. The number of aromatic nitrogens is 1. The van der Waals surface area contributed by atoms with Crippen molar-refractivity contribution in [3.63, 3.8) is 0 Å². The van der Waals surface area contributed by atoms with Gasteiger partial charge in [-0.25, -0.2) is 4.39 Å². The summed E-state index contributed by atoms with van der Waals surface area (Å²) in [5, 5.41) is 4.21. The number of methoxy groups -OCH3 is 1. The van der Waals surface area contributed by atoms with Crippen molar-refractivity contribution in [2.45, 2.75) is 31.7 Å². The average Bonchev–Trinajstić information content (AvgIpc) is 3.11. The Morgan fingerprint density at radius 1 is 1.14 bits per heavy atom. The van der Waals surface area contributed by atoms with Crippen molar-refractivity contribution in [2.24, 2.45) is 0 Å². The van der Waals surface area contributed by atoms with E-state index in [2.05, 4.69) is 5.16 Å². The van der Waals surface area contributed by atoms with Crippen LogP contribution < -0.4 is 4.74 Å². The van der Waals surface area contributed by atoms with Crippen LogP contribution in [0.1, 0.15) is 47.8 Å². The molecule has 0 N–H and O–H groups in total. The Kier molecular flexibility index (Phi) is 5.60. The van der Waals surface area contributed by atoms with Gasteiger partial charge in [-0.1, -0.05) is 24.1 Å². The zero-order valence-electron chi connectivity index (χ0n) is 16.3. The standard InChI is InChI=1S/C23H23FN2O3/c1-28-19-11-9-16(10-12-19)20-15-22(29-25-20)21-8-3-2-4-13-26(21)23(27)17-6-5-7-18(24)14-17/h5-7,9-12,14-15,21H,2-4,8,13H2,1H3/t21-/m1/s1. The van der Waals surface area contributed by atoms with E-state index in [1.165, 1.54) is 12.1 Å². The summed E-state index contributed by atoms with van der Waals surface area (Å²) in [6, 6.07) is 15.1. The number of carbonyl (C=O) groups excluding carboxylic acids is 1. The van der Waals surface area contributed by atoms with Gasteiger partial charge in [0.2, 0.25) is 0 Å². The fourth-order valence-electron chi connectivity index (χ4n) is 3.78. The minimum Gasteiger partial charge on any atom is -0.497 e. The van der Waals surface area contributed by atoms with Crippen LogP contribution in [-0.2, 0) is 0 Å². The van der Waals surface area contributed by atoms with Crippen molar-refractivity contribution in [3.8, 4) is 17.0 Å². The average molecular weight is 394 g/mol. The van der Waals surface area contributed by atoms with Gasteiger partial charge in [0.05, 0.1) is 13.2 Å². The van der Waals surface area contributed by atoms with E-state index >= 15 is 0 Å². The highest BCUT2D eigenvalue weighted by Crippen LogP contribution is 2.34. The Morgan fingerprint density at radius 2 is 1.97 bits per heavy atom. The van der Waals surface area contributed by atoms with Gasteiger partial charge in [0.15, 0.2) is 5.76 Å². The first kappa shape index (κ1) is 19.2. The summed E-state index contributed by atoms with van der Waals surface area (Å²) in [5.74, 6) is 0.832. The van der Waals surface area contributed by atoms with Gasteiger partial charge in [0.1, 0.15) is 17.3 Å². The van der Waals surface area contributed by atoms with Gasteiger partial charge < -0.3 is 14.2 Å². The molecule has 0 aliphatic carbocycles. The second kappa shape index (κ2) is 8.47. The Labute approximate surface area is 169 Å². The molecular weight excluding hydrogens is 371 g/mol. The van der Waals surface area contributed by atoms with E-state index < -0.39 is 5.82 Å². The molecule has 0 spiro atoms. The minimum atomic E-state index is -0.413. The largest absolute Gasteiger partial charge is 0.497 e. The molecule has 150 valence electrons. The molecule has 0 unspecified atom stereocenters. The summed E-state index contributed by atoms with van der Waals surface area (Å²) in [6.45, 7) is 0.610. The van der Waals surface area contributed by atoms with Crippen LogP contribution in [0, 0.1) is 5.82 Å². The topological polar surface area (TPSA) is 55.6 Å². The van der Waals surface area contributed by atoms with Gasteiger partial charge in [-0.15, -0.1) is 0 Å². The molecule has 1 aromatic heterocycles. The number of hydrogen-bond donors (Lipinski definition) is 0. The molecule has 5 nitrogen and oxygen atoms in total. The van der Waals surface area contributed by atoms with Crippen LogP contribution in [0.15, 0.2) is 59.1 Å². The van der Waals surface area contributed by atoms with Crippen molar-refractivity contribution in [1.82, 2.24) is 10.1 Å². The third kappa shape index (κ3) is 4.16. The highest BCUT2D eigenvalue weighted by atomic mass is 19.1. The van der Waals surface area contributed by atoms with Crippen LogP contribution in [0.25, 0.3) is 11.3 Å². The first-order valence-electron chi connectivity index (χ1n) is 9.83. The number of likely N-dealkylation sites (tertiary alicyclic amines) is 1. The zero-order valence-corrected chi connectivity index (χ0v) is 16.3. The first-order valence-corrected chi connectivity index (χ1v) is 9.83. The van der Waals surface area contributed by atoms with Gasteiger partial charge in [0, 0.05) is 23.7 Å². The number of amides is 1. The Hall–Kier alpha value is -3.15. The lowest BCUT2D eigenvalue weighted by molar-refractivity contribution is 0.0650. The smallest absolute Gasteiger partial charge is 0.254 e. The van der Waals surface area contributed by atoms with E-state index in [1.54, 1.807) is 24.1 Å². The van der Waals surface area contributed by atoms with E-state index in [0.29, 0.717) is 23.6 Å². The van der Waals surface area contributed by atoms with E-state index in [4.69, 9.17) is 9.26 Å². The maximum atomic E-state index is 13.6. The number of ether oxygens (including phenoxy) is 1. The Morgan fingerprint density at radius 3 is 2.72 bits per heavy atom. The molecule has 3 aromatic rings. The molecule has 29 heavy (non-hydrogen) atoms. The second-order valence-electron chi connectivity index (χ2n) is 7.22. The fraction of sp³-hybridized carbons (Fsp3) is 0.304. The van der Waals surface area contributed by atoms with Crippen LogP contribution in [0.3, 0.4) is 0 Å². The van der Waals surface area contributed by atoms with Crippen LogP contribution in [0.2, 0.25) is 0 Å². The van der Waals surface area contributed by atoms with Gasteiger partial charge in [-0.3, -0.25) is 4.79 Å². The molecule has 0 saturated carbocycles. The third-order valence-electron chi connectivity index (χ3n) is 5.33. The lowest BCUT2D eigenvalue weighted by Crippen LogP contribution is -2.34. The summed E-state index contributed by atoms with van der Waals surface area (Å²) in [4.78, 5) is 14.9. The third-order valence-corrected chi connectivity index (χ3v) is 5.33. The van der Waals surface area contributed by atoms with Crippen LogP contribution in [-0.4, -0.2) is 29.6 Å². The number of carbonyl (C=O) groups is 1. The molecule has 1 fully saturated rings. The molecule has 6 heteroatoms. The van der Waals surface area contributed by atoms with Crippen molar-refractivity contribution in [1.29, 1.82) is 0 Å². The SMILES string of the molecule is COc1ccc(-c2cc([C@H]3CCCCCN3C(=O)c3cccc(F)c3)on2)cc1. The van der Waals surface area contributed by atoms with E-state index in [9.17, 15) is 9.18 Å². The molecule has 1 aliphatic rings. The van der Waals surface area contributed by atoms with Gasteiger partial charge in [-0.2, -0.15) is 0 Å². The zero-order chi connectivity index (χ0) is 20.2. The van der Waals surface area contributed by atoms with E-state index in [-0.39, 0.29) is 11.9 Å². The first-order chi connectivity index (χ1) is 14.2. The summed E-state index contributed by atoms with van der Waals surface area (Å²) in [7, 11) is 1.62. The number of benzene rings is 2. The lowest BCUT2D eigenvalue weighted by Gasteiger charge is -2.28. The number of rotatable bonds is 4. The summed E-state index contributed by atoms with van der Waals surface area (Å²) in [5.41, 5.74) is 1.98. The molecule has 1 amide bonds. The van der Waals surface area contributed by atoms with Gasteiger partial charge in [-0.05, 0) is 55.3 Å². The molecule has 1 saturated heterocycles. The molecule has 2 aromatic carbocycles. The van der Waals surface area contributed by atoms with Gasteiger partial charge >= 0.3 is 0 Å². The lowest BCUT2D eigenvalue weighted by atomic mass is 10.0. The maximum Gasteiger partial charge on any atom is 0.254 e. The number of hydrogen-bond acceptors (Lipinski definition) is 4. The number of halogens is 1. The summed E-state index contributed by atoms with van der Waals surface area (Å²) in [6.07, 6.45) is 3.74. The van der Waals surface area contributed by atoms with E-state index in [0.717, 1.165) is 37.0 Å². The van der Waals surface area contributed by atoms with Crippen LogP contribution in [0.5, 0.6) is 5.75 Å². The predicted molar refractivity (Wildman–Crippen MR) is 107 cm³/mol. The molecule has 1 aliphatic heterocycles. The van der Waals surface area contributed by atoms with Crippen LogP contribution >= 0.6 is 0 Å². The predicted octanol–water partition coefficient (Wildman–Crippen LogP) is 5.25. The highest BCUT2D eigenvalue weighted by Gasteiger charge is 2.30. The minimum absolute atomic E-state index is 0.182. The van der Waals surface area contributed by atoms with Crippen molar-refractivity contribution in [2.75, 3.05) is 13.7 Å². The summed E-state index contributed by atoms with van der Waals surface area (Å²) >= 11 is 0. The quantitative estimate of drug-likeness (QED) is 0.607. The highest BCUT2D eigenvalue weighted by molar-refractivity contribution is 5.94. The van der Waals surface area contributed by atoms with Crippen molar-refractivity contribution >= 4 is 5.91 Å². The van der Waals surface area contributed by atoms with Crippen LogP contribution in [0.4, 0.5) is 4.39 Å². The molecule has 0 bridgehead atoms. The van der Waals surface area contributed by atoms with Crippen molar-refractivity contribution < 1.29 is 18.4 Å². The molecule has 4 rings (SSSR count). The fourth-order valence-corrected chi connectivity index (χ4v) is 3.78. The molecule has 0 radical (unpaired) electrons. The Balaban J connectivity index is 1.62.